The first-order chi connectivity index (χ1) is 10.6. The predicted octanol–water partition coefficient (Wildman–Crippen LogP) is 4.73. The number of methoxy groups -OCH3 is 2. The molecule has 0 saturated carbocycles. The molecule has 0 heterocycles. The first-order valence-corrected chi connectivity index (χ1v) is 7.07. The number of hydrogen-bond acceptors (Lipinski definition) is 3. The van der Waals surface area contributed by atoms with Gasteiger partial charge in [0.2, 0.25) is 0 Å². The van der Waals surface area contributed by atoms with Crippen LogP contribution in [-0.2, 0) is 0 Å². The lowest BCUT2D eigenvalue weighted by atomic mass is 10.0. The largest absolute Gasteiger partial charge is 0.496 e. The van der Waals surface area contributed by atoms with Crippen LogP contribution in [0.2, 0.25) is 5.02 Å². The molecule has 0 radical (unpaired) electrons. The highest BCUT2D eigenvalue weighted by Gasteiger charge is 2.11. The molecule has 4 heteroatoms. The van der Waals surface area contributed by atoms with E-state index in [-0.39, 0.29) is 0 Å². The van der Waals surface area contributed by atoms with E-state index < -0.39 is 0 Å². The second-order valence-electron chi connectivity index (χ2n) is 4.69. The summed E-state index contributed by atoms with van der Waals surface area (Å²) in [6.07, 6.45) is 1.80. The standard InChI is InChI=1S/C18H16ClNO2/c1-12-17(21-2)9-6-14(18(12)22-3)10-15(11-20)13-4-7-16(19)8-5-13/h4-10H,1-3H3/b15-10-. The Morgan fingerprint density at radius 2 is 1.77 bits per heavy atom. The molecule has 2 aromatic carbocycles. The Morgan fingerprint density at radius 3 is 2.32 bits per heavy atom. The fraction of sp³-hybridized carbons (Fsp3) is 0.167. The second-order valence-corrected chi connectivity index (χ2v) is 5.13. The zero-order valence-corrected chi connectivity index (χ0v) is 13.4. The van der Waals surface area contributed by atoms with Gasteiger partial charge in [0.1, 0.15) is 11.5 Å². The SMILES string of the molecule is COc1ccc(/C=C(/C#N)c2ccc(Cl)cc2)c(OC)c1C. The number of rotatable bonds is 4. The topological polar surface area (TPSA) is 42.2 Å². The molecule has 0 aliphatic carbocycles. The van der Waals surface area contributed by atoms with E-state index in [0.29, 0.717) is 16.3 Å². The van der Waals surface area contributed by atoms with Crippen molar-refractivity contribution < 1.29 is 9.47 Å². The van der Waals surface area contributed by atoms with Crippen LogP contribution in [0.5, 0.6) is 11.5 Å². The number of ether oxygens (including phenoxy) is 2. The zero-order valence-electron chi connectivity index (χ0n) is 12.7. The summed E-state index contributed by atoms with van der Waals surface area (Å²) in [5, 5.41) is 10.1. The Bertz CT molecular complexity index is 743. The van der Waals surface area contributed by atoms with Crippen molar-refractivity contribution >= 4 is 23.3 Å². The lowest BCUT2D eigenvalue weighted by molar-refractivity contribution is 0.388. The van der Waals surface area contributed by atoms with E-state index in [4.69, 9.17) is 21.1 Å². The van der Waals surface area contributed by atoms with Crippen molar-refractivity contribution in [2.75, 3.05) is 14.2 Å². The number of nitriles is 1. The van der Waals surface area contributed by atoms with Crippen molar-refractivity contribution in [2.24, 2.45) is 0 Å². The molecule has 0 saturated heterocycles. The molecule has 0 atom stereocenters. The third kappa shape index (κ3) is 3.24. The van der Waals surface area contributed by atoms with Crippen LogP contribution in [-0.4, -0.2) is 14.2 Å². The van der Waals surface area contributed by atoms with Gasteiger partial charge in [0.05, 0.1) is 25.9 Å². The highest BCUT2D eigenvalue weighted by molar-refractivity contribution is 6.30. The van der Waals surface area contributed by atoms with Crippen molar-refractivity contribution in [1.82, 2.24) is 0 Å². The minimum Gasteiger partial charge on any atom is -0.496 e. The molecule has 112 valence electrons. The first-order valence-electron chi connectivity index (χ1n) is 6.70. The van der Waals surface area contributed by atoms with Crippen LogP contribution >= 0.6 is 11.6 Å². The van der Waals surface area contributed by atoms with Crippen molar-refractivity contribution in [3.8, 4) is 17.6 Å². The molecular weight excluding hydrogens is 298 g/mol. The Kier molecular flexibility index (Phi) is 5.08. The normalized spacial score (nSPS) is 11.0. The van der Waals surface area contributed by atoms with Crippen LogP contribution in [0.15, 0.2) is 36.4 Å². The van der Waals surface area contributed by atoms with E-state index in [1.165, 1.54) is 0 Å². The summed E-state index contributed by atoms with van der Waals surface area (Å²) in [5.41, 5.74) is 3.07. The van der Waals surface area contributed by atoms with Gasteiger partial charge in [0.15, 0.2) is 0 Å². The first kappa shape index (κ1) is 15.9. The van der Waals surface area contributed by atoms with Gasteiger partial charge >= 0.3 is 0 Å². The van der Waals surface area contributed by atoms with E-state index in [1.807, 2.05) is 31.2 Å². The second kappa shape index (κ2) is 7.02. The average Bonchev–Trinajstić information content (AvgIpc) is 2.54. The van der Waals surface area contributed by atoms with Gasteiger partial charge in [-0.25, -0.2) is 0 Å². The van der Waals surface area contributed by atoms with Gasteiger partial charge in [0, 0.05) is 16.1 Å². The van der Waals surface area contributed by atoms with E-state index in [0.717, 1.165) is 22.4 Å². The Morgan fingerprint density at radius 1 is 1.09 bits per heavy atom. The van der Waals surface area contributed by atoms with Crippen molar-refractivity contribution in [1.29, 1.82) is 5.26 Å². The summed E-state index contributed by atoms with van der Waals surface area (Å²) in [7, 11) is 3.22. The molecule has 0 aliphatic rings. The highest BCUT2D eigenvalue weighted by atomic mass is 35.5. The van der Waals surface area contributed by atoms with Gasteiger partial charge in [-0.1, -0.05) is 23.7 Å². The summed E-state index contributed by atoms with van der Waals surface area (Å²) < 4.78 is 10.8. The minimum absolute atomic E-state index is 0.541. The van der Waals surface area contributed by atoms with E-state index in [1.54, 1.807) is 32.4 Å². The fourth-order valence-corrected chi connectivity index (χ4v) is 2.39. The lowest BCUT2D eigenvalue weighted by Gasteiger charge is -2.12. The van der Waals surface area contributed by atoms with Gasteiger partial charge in [-0.15, -0.1) is 0 Å². The Balaban J connectivity index is 2.53. The number of nitrogens with zero attached hydrogens (tertiary/aromatic N) is 1. The van der Waals surface area contributed by atoms with Crippen LogP contribution in [0.3, 0.4) is 0 Å². The minimum atomic E-state index is 0.541. The Hall–Kier alpha value is -2.44. The maximum atomic E-state index is 9.43. The van der Waals surface area contributed by atoms with Crippen LogP contribution in [0.1, 0.15) is 16.7 Å². The molecule has 22 heavy (non-hydrogen) atoms. The third-order valence-corrected chi connectivity index (χ3v) is 3.64. The molecule has 0 unspecified atom stereocenters. The molecule has 2 rings (SSSR count). The van der Waals surface area contributed by atoms with Gasteiger partial charge < -0.3 is 9.47 Å². The zero-order chi connectivity index (χ0) is 16.1. The summed E-state index contributed by atoms with van der Waals surface area (Å²) in [4.78, 5) is 0. The monoisotopic (exact) mass is 313 g/mol. The molecule has 2 aromatic rings. The number of halogens is 1. The van der Waals surface area contributed by atoms with E-state index >= 15 is 0 Å². The van der Waals surface area contributed by atoms with E-state index in [9.17, 15) is 5.26 Å². The molecular formula is C18H16ClNO2. The Labute approximate surface area is 135 Å². The van der Waals surface area contributed by atoms with Crippen molar-refractivity contribution in [3.05, 3.63) is 58.1 Å². The summed E-state index contributed by atoms with van der Waals surface area (Å²) >= 11 is 5.89. The molecule has 3 nitrogen and oxygen atoms in total. The lowest BCUT2D eigenvalue weighted by Crippen LogP contribution is -1.95. The maximum Gasteiger partial charge on any atom is 0.132 e. The van der Waals surface area contributed by atoms with Crippen LogP contribution in [0.25, 0.3) is 11.6 Å². The number of allylic oxidation sites excluding steroid dienone is 1. The molecule has 0 amide bonds. The fourth-order valence-electron chi connectivity index (χ4n) is 2.27. The van der Waals surface area contributed by atoms with Gasteiger partial charge in [-0.05, 0) is 42.8 Å². The number of hydrogen-bond donors (Lipinski definition) is 0. The summed E-state index contributed by atoms with van der Waals surface area (Å²) in [6, 6.07) is 13.1. The smallest absolute Gasteiger partial charge is 0.132 e. The molecule has 0 aromatic heterocycles. The third-order valence-electron chi connectivity index (χ3n) is 3.39. The van der Waals surface area contributed by atoms with Gasteiger partial charge in [0.25, 0.3) is 0 Å². The predicted molar refractivity (Wildman–Crippen MR) is 89.2 cm³/mol. The van der Waals surface area contributed by atoms with Crippen molar-refractivity contribution in [3.63, 3.8) is 0 Å². The molecule has 0 bridgehead atoms. The number of benzene rings is 2. The van der Waals surface area contributed by atoms with Crippen LogP contribution < -0.4 is 9.47 Å². The molecule has 0 N–H and O–H groups in total. The molecule has 0 spiro atoms. The average molecular weight is 314 g/mol. The summed E-state index contributed by atoms with van der Waals surface area (Å²) in [5.74, 6) is 1.44. The maximum absolute atomic E-state index is 9.43. The van der Waals surface area contributed by atoms with Gasteiger partial charge in [-0.2, -0.15) is 5.26 Å². The molecule has 0 aliphatic heterocycles. The summed E-state index contributed by atoms with van der Waals surface area (Å²) in [6.45, 7) is 1.92. The quantitative estimate of drug-likeness (QED) is 0.605. The highest BCUT2D eigenvalue weighted by Crippen LogP contribution is 2.33. The van der Waals surface area contributed by atoms with Crippen molar-refractivity contribution in [2.45, 2.75) is 6.92 Å². The van der Waals surface area contributed by atoms with Crippen LogP contribution in [0.4, 0.5) is 0 Å². The molecule has 0 fully saturated rings. The van der Waals surface area contributed by atoms with Crippen LogP contribution in [0, 0.1) is 18.3 Å². The van der Waals surface area contributed by atoms with E-state index in [2.05, 4.69) is 6.07 Å². The van der Waals surface area contributed by atoms with Gasteiger partial charge in [-0.3, -0.25) is 0 Å².